The van der Waals surface area contributed by atoms with Crippen molar-refractivity contribution in [3.05, 3.63) is 34.9 Å². The summed E-state index contributed by atoms with van der Waals surface area (Å²) in [6.07, 6.45) is 15.5. The summed E-state index contributed by atoms with van der Waals surface area (Å²) in [5.74, 6) is 2.66. The Morgan fingerprint density at radius 2 is 2.00 bits per heavy atom. The fraction of sp³-hybridized carbons (Fsp3) is 0.700. The topological polar surface area (TPSA) is 0 Å². The average Bonchev–Trinajstić information content (AvgIpc) is 2.97. The standard InChI is InChI=1S/C20H30/c1-5-14-11-17(15-9-7-6-8-10-15)19-13-16(12-18(14)19)20(2,3)4/h6-7,12,14-15,17H,5,8-11,13H2,1-4H3. The Kier molecular flexibility index (Phi) is 3.69. The Morgan fingerprint density at radius 3 is 2.60 bits per heavy atom. The SMILES string of the molecule is CCC1CC(C2CC=CCC2)C2=C1C=C(C(C)(C)C)C2. The maximum absolute atomic E-state index is 2.59. The third-order valence-corrected chi connectivity index (χ3v) is 5.84. The zero-order valence-electron chi connectivity index (χ0n) is 13.7. The molecule has 0 amide bonds. The van der Waals surface area contributed by atoms with E-state index in [1.807, 2.05) is 5.57 Å². The van der Waals surface area contributed by atoms with Crippen LogP contribution in [0.3, 0.4) is 0 Å². The zero-order chi connectivity index (χ0) is 14.3. The molecule has 0 aliphatic heterocycles. The van der Waals surface area contributed by atoms with Crippen LogP contribution in [0.1, 0.15) is 66.2 Å². The van der Waals surface area contributed by atoms with Gasteiger partial charge in [-0.15, -0.1) is 0 Å². The molecule has 0 aromatic carbocycles. The second-order valence-corrected chi connectivity index (χ2v) is 8.07. The van der Waals surface area contributed by atoms with Crippen LogP contribution in [-0.4, -0.2) is 0 Å². The number of rotatable bonds is 2. The average molecular weight is 270 g/mol. The van der Waals surface area contributed by atoms with Crippen LogP contribution in [0.15, 0.2) is 34.9 Å². The van der Waals surface area contributed by atoms with E-state index in [2.05, 4.69) is 45.9 Å². The second-order valence-electron chi connectivity index (χ2n) is 8.07. The molecule has 3 aliphatic rings. The van der Waals surface area contributed by atoms with Gasteiger partial charge in [0.15, 0.2) is 0 Å². The van der Waals surface area contributed by atoms with Crippen molar-refractivity contribution in [1.82, 2.24) is 0 Å². The third kappa shape index (κ3) is 2.43. The summed E-state index contributed by atoms with van der Waals surface area (Å²) in [7, 11) is 0. The van der Waals surface area contributed by atoms with Crippen molar-refractivity contribution in [1.29, 1.82) is 0 Å². The van der Waals surface area contributed by atoms with E-state index in [1.165, 1.54) is 38.5 Å². The monoisotopic (exact) mass is 270 g/mol. The quantitative estimate of drug-likeness (QED) is 0.535. The number of hydrogen-bond donors (Lipinski definition) is 0. The lowest BCUT2D eigenvalue weighted by Gasteiger charge is -2.29. The normalized spacial score (nSPS) is 33.6. The number of allylic oxidation sites excluding steroid dienone is 6. The number of hydrogen-bond acceptors (Lipinski definition) is 0. The van der Waals surface area contributed by atoms with E-state index in [9.17, 15) is 0 Å². The first kappa shape index (κ1) is 14.2. The van der Waals surface area contributed by atoms with Crippen molar-refractivity contribution in [2.24, 2.45) is 23.2 Å². The molecular weight excluding hydrogens is 240 g/mol. The maximum Gasteiger partial charge on any atom is -0.00911 e. The van der Waals surface area contributed by atoms with Gasteiger partial charge in [0.2, 0.25) is 0 Å². The Balaban J connectivity index is 1.83. The van der Waals surface area contributed by atoms with Gasteiger partial charge in [0, 0.05) is 0 Å². The fourth-order valence-corrected chi connectivity index (χ4v) is 4.47. The fourth-order valence-electron chi connectivity index (χ4n) is 4.47. The van der Waals surface area contributed by atoms with Gasteiger partial charge in [0.25, 0.3) is 0 Å². The minimum Gasteiger partial charge on any atom is -0.0885 e. The van der Waals surface area contributed by atoms with E-state index in [0.717, 1.165) is 17.8 Å². The van der Waals surface area contributed by atoms with Crippen LogP contribution in [0.2, 0.25) is 0 Å². The van der Waals surface area contributed by atoms with Crippen molar-refractivity contribution in [3.63, 3.8) is 0 Å². The molecule has 3 aliphatic carbocycles. The highest BCUT2D eigenvalue weighted by molar-refractivity contribution is 5.47. The van der Waals surface area contributed by atoms with E-state index in [4.69, 9.17) is 0 Å². The third-order valence-electron chi connectivity index (χ3n) is 5.84. The van der Waals surface area contributed by atoms with E-state index in [-0.39, 0.29) is 0 Å². The first-order valence-corrected chi connectivity index (χ1v) is 8.59. The van der Waals surface area contributed by atoms with E-state index < -0.39 is 0 Å². The summed E-state index contributed by atoms with van der Waals surface area (Å²) in [5, 5.41) is 0. The predicted molar refractivity (Wildman–Crippen MR) is 87.6 cm³/mol. The summed E-state index contributed by atoms with van der Waals surface area (Å²) in [4.78, 5) is 0. The van der Waals surface area contributed by atoms with Gasteiger partial charge >= 0.3 is 0 Å². The molecular formula is C20H30. The van der Waals surface area contributed by atoms with Crippen molar-refractivity contribution < 1.29 is 0 Å². The van der Waals surface area contributed by atoms with Gasteiger partial charge in [-0.3, -0.25) is 0 Å². The van der Waals surface area contributed by atoms with Gasteiger partial charge in [-0.1, -0.05) is 57.1 Å². The zero-order valence-corrected chi connectivity index (χ0v) is 13.7. The molecule has 3 rings (SSSR count). The highest BCUT2D eigenvalue weighted by atomic mass is 14.4. The molecule has 0 heterocycles. The summed E-state index contributed by atoms with van der Waals surface area (Å²) in [6.45, 7) is 9.50. The van der Waals surface area contributed by atoms with Crippen LogP contribution in [0.5, 0.6) is 0 Å². The first-order chi connectivity index (χ1) is 9.50. The van der Waals surface area contributed by atoms with Crippen molar-refractivity contribution in [3.8, 4) is 0 Å². The summed E-state index contributed by atoms with van der Waals surface area (Å²) in [5.41, 5.74) is 5.61. The molecule has 0 heteroatoms. The van der Waals surface area contributed by atoms with Gasteiger partial charge in [-0.05, 0) is 67.3 Å². The molecule has 0 aromatic rings. The molecule has 3 unspecified atom stereocenters. The Labute approximate surface area is 125 Å². The summed E-state index contributed by atoms with van der Waals surface area (Å²) in [6, 6.07) is 0. The molecule has 0 aromatic heterocycles. The van der Waals surface area contributed by atoms with Crippen molar-refractivity contribution >= 4 is 0 Å². The highest BCUT2D eigenvalue weighted by Crippen LogP contribution is 2.53. The van der Waals surface area contributed by atoms with Crippen LogP contribution in [0.4, 0.5) is 0 Å². The lowest BCUT2D eigenvalue weighted by atomic mass is 9.75. The van der Waals surface area contributed by atoms with Crippen molar-refractivity contribution in [2.75, 3.05) is 0 Å². The Bertz CT molecular complexity index is 467. The molecule has 0 N–H and O–H groups in total. The van der Waals surface area contributed by atoms with E-state index >= 15 is 0 Å². The van der Waals surface area contributed by atoms with Gasteiger partial charge < -0.3 is 0 Å². The van der Waals surface area contributed by atoms with E-state index in [0.29, 0.717) is 5.41 Å². The Hall–Kier alpha value is -0.780. The predicted octanol–water partition coefficient (Wildman–Crippen LogP) is 6.06. The van der Waals surface area contributed by atoms with Crippen LogP contribution >= 0.6 is 0 Å². The molecule has 0 fully saturated rings. The molecule has 0 radical (unpaired) electrons. The van der Waals surface area contributed by atoms with Gasteiger partial charge in [-0.25, -0.2) is 0 Å². The first-order valence-electron chi connectivity index (χ1n) is 8.59. The van der Waals surface area contributed by atoms with Crippen LogP contribution < -0.4 is 0 Å². The molecule has 0 saturated carbocycles. The molecule has 0 nitrogen and oxygen atoms in total. The minimum absolute atomic E-state index is 0.347. The summed E-state index contributed by atoms with van der Waals surface area (Å²) >= 11 is 0. The lowest BCUT2D eigenvalue weighted by molar-refractivity contribution is 0.318. The van der Waals surface area contributed by atoms with E-state index in [1.54, 1.807) is 11.1 Å². The lowest BCUT2D eigenvalue weighted by Crippen LogP contribution is -2.18. The van der Waals surface area contributed by atoms with Gasteiger partial charge in [0.05, 0.1) is 0 Å². The molecule has 0 saturated heterocycles. The van der Waals surface area contributed by atoms with Crippen molar-refractivity contribution in [2.45, 2.75) is 66.2 Å². The largest absolute Gasteiger partial charge is 0.0885 e. The van der Waals surface area contributed by atoms with Gasteiger partial charge in [-0.2, -0.15) is 0 Å². The van der Waals surface area contributed by atoms with Crippen LogP contribution in [0, 0.1) is 23.2 Å². The Morgan fingerprint density at radius 1 is 1.20 bits per heavy atom. The smallest absolute Gasteiger partial charge is 0.00911 e. The minimum atomic E-state index is 0.347. The highest BCUT2D eigenvalue weighted by Gasteiger charge is 2.40. The molecule has 20 heavy (non-hydrogen) atoms. The maximum atomic E-state index is 2.59. The molecule has 110 valence electrons. The van der Waals surface area contributed by atoms with Crippen LogP contribution in [0.25, 0.3) is 0 Å². The summed E-state index contributed by atoms with van der Waals surface area (Å²) < 4.78 is 0. The second kappa shape index (κ2) is 5.20. The van der Waals surface area contributed by atoms with Gasteiger partial charge in [0.1, 0.15) is 0 Å². The van der Waals surface area contributed by atoms with Crippen LogP contribution in [-0.2, 0) is 0 Å². The molecule has 0 spiro atoms. The molecule has 3 atom stereocenters. The molecule has 0 bridgehead atoms.